The highest BCUT2D eigenvalue weighted by molar-refractivity contribution is 9.10. The summed E-state index contributed by atoms with van der Waals surface area (Å²) in [7, 11) is 0. The molecule has 0 radical (unpaired) electrons. The van der Waals surface area contributed by atoms with Crippen LogP contribution in [0.2, 0.25) is 0 Å². The third-order valence-electron chi connectivity index (χ3n) is 1.98. The van der Waals surface area contributed by atoms with Crippen LogP contribution in [-0.2, 0) is 0 Å². The Morgan fingerprint density at radius 1 is 1.24 bits per heavy atom. The number of hydrogen-bond donors (Lipinski definition) is 0. The van der Waals surface area contributed by atoms with Gasteiger partial charge in [0.1, 0.15) is 0 Å². The fraction of sp³-hybridized carbons (Fsp3) is 0. The van der Waals surface area contributed by atoms with Crippen molar-refractivity contribution in [3.63, 3.8) is 0 Å². The zero-order valence-corrected chi connectivity index (χ0v) is 10.1. The van der Waals surface area contributed by atoms with Crippen LogP contribution in [0, 0.1) is 10.1 Å². The normalized spacial score (nSPS) is 9.94. The molecule has 0 atom stereocenters. The van der Waals surface area contributed by atoms with Gasteiger partial charge in [0.2, 0.25) is 11.6 Å². The molecule has 0 bridgehead atoms. The standard InChI is InChI=1S/C11H7BrN2O3/c12-8-5-6-11(13-7-8)17-10-4-2-1-3-9(10)14(15)16/h1-7H. The van der Waals surface area contributed by atoms with Crippen molar-refractivity contribution in [2.24, 2.45) is 0 Å². The molecule has 0 unspecified atom stereocenters. The highest BCUT2D eigenvalue weighted by Crippen LogP contribution is 2.29. The lowest BCUT2D eigenvalue weighted by molar-refractivity contribution is -0.385. The Labute approximate surface area is 105 Å². The van der Waals surface area contributed by atoms with E-state index in [4.69, 9.17) is 4.74 Å². The van der Waals surface area contributed by atoms with Gasteiger partial charge in [-0.3, -0.25) is 10.1 Å². The van der Waals surface area contributed by atoms with Gasteiger partial charge < -0.3 is 4.74 Å². The molecule has 2 rings (SSSR count). The molecule has 5 nitrogen and oxygen atoms in total. The van der Waals surface area contributed by atoms with Crippen molar-refractivity contribution in [1.82, 2.24) is 4.98 Å². The van der Waals surface area contributed by atoms with Crippen LogP contribution >= 0.6 is 15.9 Å². The zero-order chi connectivity index (χ0) is 12.3. The Morgan fingerprint density at radius 2 is 2.00 bits per heavy atom. The molecule has 0 fully saturated rings. The van der Waals surface area contributed by atoms with Crippen LogP contribution in [0.3, 0.4) is 0 Å². The van der Waals surface area contributed by atoms with Crippen molar-refractivity contribution in [3.05, 3.63) is 57.2 Å². The molecule has 0 saturated heterocycles. The summed E-state index contributed by atoms with van der Waals surface area (Å²) in [5.41, 5.74) is -0.0859. The van der Waals surface area contributed by atoms with Crippen molar-refractivity contribution < 1.29 is 9.66 Å². The zero-order valence-electron chi connectivity index (χ0n) is 8.54. The summed E-state index contributed by atoms with van der Waals surface area (Å²) in [4.78, 5) is 14.3. The molecule has 0 spiro atoms. The maximum atomic E-state index is 10.8. The number of nitro groups is 1. The van der Waals surface area contributed by atoms with Gasteiger partial charge in [-0.1, -0.05) is 12.1 Å². The maximum Gasteiger partial charge on any atom is 0.311 e. The van der Waals surface area contributed by atoms with E-state index in [1.165, 1.54) is 12.1 Å². The van der Waals surface area contributed by atoms with E-state index in [9.17, 15) is 10.1 Å². The van der Waals surface area contributed by atoms with E-state index in [-0.39, 0.29) is 11.4 Å². The summed E-state index contributed by atoms with van der Waals surface area (Å²) in [5, 5.41) is 10.8. The molecular formula is C11H7BrN2O3. The fourth-order valence-corrected chi connectivity index (χ4v) is 1.46. The molecule has 1 aromatic carbocycles. The Bertz CT molecular complexity index is 543. The second kappa shape index (κ2) is 4.92. The number of ether oxygens (including phenoxy) is 1. The predicted octanol–water partition coefficient (Wildman–Crippen LogP) is 3.54. The summed E-state index contributed by atoms with van der Waals surface area (Å²) in [6.07, 6.45) is 1.56. The van der Waals surface area contributed by atoms with Crippen LogP contribution in [0.4, 0.5) is 5.69 Å². The topological polar surface area (TPSA) is 65.3 Å². The molecule has 0 saturated carbocycles. The minimum atomic E-state index is -0.492. The summed E-state index contributed by atoms with van der Waals surface area (Å²) in [6, 6.07) is 9.54. The van der Waals surface area contributed by atoms with Gasteiger partial charge in [-0.15, -0.1) is 0 Å². The molecule has 0 aliphatic carbocycles. The van der Waals surface area contributed by atoms with Crippen LogP contribution in [0.25, 0.3) is 0 Å². The smallest absolute Gasteiger partial charge is 0.311 e. The van der Waals surface area contributed by atoms with Gasteiger partial charge in [0.15, 0.2) is 0 Å². The number of para-hydroxylation sites is 2. The summed E-state index contributed by atoms with van der Waals surface area (Å²) in [5.74, 6) is 0.481. The third-order valence-corrected chi connectivity index (χ3v) is 2.45. The SMILES string of the molecule is O=[N+]([O-])c1ccccc1Oc1ccc(Br)cn1. The van der Waals surface area contributed by atoms with Gasteiger partial charge >= 0.3 is 5.69 Å². The first-order valence-corrected chi connectivity index (χ1v) is 5.49. The van der Waals surface area contributed by atoms with E-state index in [0.717, 1.165) is 4.47 Å². The lowest BCUT2D eigenvalue weighted by Gasteiger charge is -2.04. The van der Waals surface area contributed by atoms with Crippen LogP contribution in [-0.4, -0.2) is 9.91 Å². The van der Waals surface area contributed by atoms with Gasteiger partial charge in [-0.25, -0.2) is 4.98 Å². The molecular weight excluding hydrogens is 288 g/mol. The lowest BCUT2D eigenvalue weighted by Crippen LogP contribution is -1.93. The van der Waals surface area contributed by atoms with E-state index in [0.29, 0.717) is 5.88 Å². The quantitative estimate of drug-likeness (QED) is 0.641. The molecule has 0 N–H and O–H groups in total. The van der Waals surface area contributed by atoms with Crippen LogP contribution < -0.4 is 4.74 Å². The first kappa shape index (κ1) is 11.5. The molecule has 0 aliphatic heterocycles. The third kappa shape index (κ3) is 2.79. The molecule has 6 heteroatoms. The van der Waals surface area contributed by atoms with Crippen molar-refractivity contribution >= 4 is 21.6 Å². The number of benzene rings is 1. The summed E-state index contributed by atoms with van der Waals surface area (Å²) in [6.45, 7) is 0. The number of nitrogens with zero attached hydrogens (tertiary/aromatic N) is 2. The Kier molecular flexibility index (Phi) is 3.34. The molecule has 0 aliphatic rings. The number of pyridine rings is 1. The number of hydrogen-bond acceptors (Lipinski definition) is 4. The largest absolute Gasteiger partial charge is 0.432 e. The maximum absolute atomic E-state index is 10.8. The Balaban J connectivity index is 2.30. The average Bonchev–Trinajstić information content (AvgIpc) is 2.32. The minimum absolute atomic E-state index is 0.0859. The Morgan fingerprint density at radius 3 is 2.65 bits per heavy atom. The summed E-state index contributed by atoms with van der Waals surface area (Å²) < 4.78 is 6.16. The monoisotopic (exact) mass is 294 g/mol. The van der Waals surface area contributed by atoms with E-state index in [1.54, 1.807) is 30.5 Å². The highest BCUT2D eigenvalue weighted by Gasteiger charge is 2.14. The fourth-order valence-electron chi connectivity index (χ4n) is 1.23. The van der Waals surface area contributed by atoms with Crippen molar-refractivity contribution in [1.29, 1.82) is 0 Å². The average molecular weight is 295 g/mol. The summed E-state index contributed by atoms with van der Waals surface area (Å²) >= 11 is 3.24. The lowest BCUT2D eigenvalue weighted by atomic mass is 10.3. The molecule has 1 heterocycles. The van der Waals surface area contributed by atoms with Gasteiger partial charge in [0, 0.05) is 22.8 Å². The van der Waals surface area contributed by atoms with Gasteiger partial charge in [0.25, 0.3) is 0 Å². The first-order chi connectivity index (χ1) is 8.16. The molecule has 86 valence electrons. The number of aromatic nitrogens is 1. The molecule has 0 amide bonds. The van der Waals surface area contributed by atoms with E-state index in [2.05, 4.69) is 20.9 Å². The van der Waals surface area contributed by atoms with Gasteiger partial charge in [-0.05, 0) is 28.1 Å². The second-order valence-electron chi connectivity index (χ2n) is 3.14. The molecule has 17 heavy (non-hydrogen) atoms. The molecule has 2 aromatic rings. The van der Waals surface area contributed by atoms with Crippen LogP contribution in [0.5, 0.6) is 11.6 Å². The number of rotatable bonds is 3. The van der Waals surface area contributed by atoms with Gasteiger partial charge in [-0.2, -0.15) is 0 Å². The van der Waals surface area contributed by atoms with E-state index < -0.39 is 4.92 Å². The predicted molar refractivity (Wildman–Crippen MR) is 65.1 cm³/mol. The van der Waals surface area contributed by atoms with E-state index >= 15 is 0 Å². The Hall–Kier alpha value is -1.95. The first-order valence-electron chi connectivity index (χ1n) is 4.69. The van der Waals surface area contributed by atoms with Gasteiger partial charge in [0.05, 0.1) is 4.92 Å². The minimum Gasteiger partial charge on any atom is -0.432 e. The number of halogens is 1. The van der Waals surface area contributed by atoms with Crippen molar-refractivity contribution in [2.75, 3.05) is 0 Å². The van der Waals surface area contributed by atoms with Crippen LogP contribution in [0.1, 0.15) is 0 Å². The number of nitro benzene ring substituents is 1. The van der Waals surface area contributed by atoms with Crippen molar-refractivity contribution in [2.45, 2.75) is 0 Å². The van der Waals surface area contributed by atoms with E-state index in [1.807, 2.05) is 0 Å². The van der Waals surface area contributed by atoms with Crippen LogP contribution in [0.15, 0.2) is 47.1 Å². The molecule has 1 aromatic heterocycles. The highest BCUT2D eigenvalue weighted by atomic mass is 79.9. The van der Waals surface area contributed by atoms with Crippen molar-refractivity contribution in [3.8, 4) is 11.6 Å². The second-order valence-corrected chi connectivity index (χ2v) is 4.06.